The quantitative estimate of drug-likeness (QED) is 0.324. The highest BCUT2D eigenvalue weighted by molar-refractivity contribution is 5.92. The predicted octanol–water partition coefficient (Wildman–Crippen LogP) is 6.24. The van der Waals surface area contributed by atoms with Crippen molar-refractivity contribution in [1.82, 2.24) is 10.3 Å². The van der Waals surface area contributed by atoms with Crippen molar-refractivity contribution in [1.29, 1.82) is 0 Å². The second kappa shape index (κ2) is 11.3. The van der Waals surface area contributed by atoms with Gasteiger partial charge in [0.05, 0.1) is 5.54 Å². The third kappa shape index (κ3) is 6.31. The number of aromatic nitrogens is 1. The van der Waals surface area contributed by atoms with Gasteiger partial charge >= 0.3 is 6.09 Å². The summed E-state index contributed by atoms with van der Waals surface area (Å²) in [6.07, 6.45) is 3.97. The molecule has 4 N–H and O–H groups in total. The molecule has 210 valence electrons. The highest BCUT2D eigenvalue weighted by Crippen LogP contribution is 2.50. The fourth-order valence-corrected chi connectivity index (χ4v) is 5.79. The van der Waals surface area contributed by atoms with Crippen LogP contribution in [0.4, 0.5) is 19.4 Å². The molecule has 0 spiro atoms. The van der Waals surface area contributed by atoms with Crippen molar-refractivity contribution in [3.8, 4) is 22.3 Å². The van der Waals surface area contributed by atoms with Crippen molar-refractivity contribution in [3.63, 3.8) is 0 Å². The van der Waals surface area contributed by atoms with Crippen LogP contribution in [0.5, 0.6) is 0 Å². The van der Waals surface area contributed by atoms with E-state index in [1.54, 1.807) is 6.20 Å². The van der Waals surface area contributed by atoms with Gasteiger partial charge in [-0.2, -0.15) is 0 Å². The molecule has 1 aromatic heterocycles. The molecular formula is C31H34F2N4O3. The number of alkyl carbamates (subject to hydrolysis) is 1. The molecule has 2 aliphatic rings. The van der Waals surface area contributed by atoms with Crippen LogP contribution in [-0.4, -0.2) is 36.1 Å². The van der Waals surface area contributed by atoms with Crippen LogP contribution in [0.3, 0.4) is 0 Å². The molecular weight excluding hydrogens is 514 g/mol. The maximum absolute atomic E-state index is 13.5. The van der Waals surface area contributed by atoms with E-state index in [0.29, 0.717) is 17.8 Å². The first-order valence-corrected chi connectivity index (χ1v) is 13.7. The zero-order valence-electron chi connectivity index (χ0n) is 22.5. The highest BCUT2D eigenvalue weighted by Gasteiger charge is 2.55. The molecule has 2 amide bonds. The summed E-state index contributed by atoms with van der Waals surface area (Å²) < 4.78 is 32.3. The first kappa shape index (κ1) is 27.7. The summed E-state index contributed by atoms with van der Waals surface area (Å²) >= 11 is 0. The molecule has 2 aliphatic carbocycles. The number of rotatable bonds is 7. The molecule has 2 aromatic carbocycles. The zero-order valence-corrected chi connectivity index (χ0v) is 22.5. The maximum atomic E-state index is 13.5. The fourth-order valence-electron chi connectivity index (χ4n) is 5.79. The van der Waals surface area contributed by atoms with E-state index in [4.69, 9.17) is 10.5 Å². The molecule has 3 aromatic rings. The van der Waals surface area contributed by atoms with Gasteiger partial charge in [0.15, 0.2) is 0 Å². The van der Waals surface area contributed by atoms with Crippen LogP contribution < -0.4 is 16.4 Å². The Hall–Kier alpha value is -3.85. The Labute approximate surface area is 232 Å². The van der Waals surface area contributed by atoms with E-state index < -0.39 is 17.6 Å². The van der Waals surface area contributed by atoms with Crippen molar-refractivity contribution in [3.05, 3.63) is 72.4 Å². The van der Waals surface area contributed by atoms with Gasteiger partial charge in [0.1, 0.15) is 11.9 Å². The molecule has 2 fully saturated rings. The Morgan fingerprint density at radius 2 is 1.62 bits per heavy atom. The molecule has 0 atom stereocenters. The van der Waals surface area contributed by atoms with E-state index in [0.717, 1.165) is 47.9 Å². The maximum Gasteiger partial charge on any atom is 0.407 e. The van der Waals surface area contributed by atoms with Gasteiger partial charge in [-0.05, 0) is 59.9 Å². The minimum Gasteiger partial charge on any atom is -0.446 e. The van der Waals surface area contributed by atoms with Crippen LogP contribution in [0, 0.1) is 5.92 Å². The van der Waals surface area contributed by atoms with Crippen LogP contribution in [0.15, 0.2) is 66.9 Å². The van der Waals surface area contributed by atoms with E-state index in [1.807, 2.05) is 60.7 Å². The Kier molecular flexibility index (Phi) is 7.85. The smallest absolute Gasteiger partial charge is 0.407 e. The Morgan fingerprint density at radius 3 is 2.25 bits per heavy atom. The average Bonchev–Trinajstić information content (AvgIpc) is 2.93. The summed E-state index contributed by atoms with van der Waals surface area (Å²) in [4.78, 5) is 28.9. The molecule has 0 aliphatic heterocycles. The standard InChI is InChI=1S/C31H34F2N4O3/c1-35-29(39)40-24-13-7-20(8-14-24)15-28(38)37-27-16-25(21-5-3-2-4-6-21)26(17-36-27)22-9-11-23(12-10-22)30(34)18-31(32,33)19-30/h2-6,9-12,16-17,20,24H,7-8,13-15,18-19,34H2,1H3,(H,35,39)(H,36,37,38)/t20-,24-. The van der Waals surface area contributed by atoms with Crippen LogP contribution in [0.25, 0.3) is 22.3 Å². The van der Waals surface area contributed by atoms with E-state index in [-0.39, 0.29) is 30.8 Å². The first-order valence-electron chi connectivity index (χ1n) is 13.7. The largest absolute Gasteiger partial charge is 0.446 e. The van der Waals surface area contributed by atoms with E-state index in [2.05, 4.69) is 15.6 Å². The third-order valence-corrected chi connectivity index (χ3v) is 7.92. The van der Waals surface area contributed by atoms with Gasteiger partial charge in [-0.3, -0.25) is 4.79 Å². The Morgan fingerprint density at radius 1 is 0.975 bits per heavy atom. The monoisotopic (exact) mass is 548 g/mol. The number of hydrogen-bond acceptors (Lipinski definition) is 5. The lowest BCUT2D eigenvalue weighted by Crippen LogP contribution is -2.55. The van der Waals surface area contributed by atoms with E-state index >= 15 is 0 Å². The number of alkyl halides is 2. The summed E-state index contributed by atoms with van der Waals surface area (Å²) in [6.45, 7) is 0. The molecule has 5 rings (SSSR count). The summed E-state index contributed by atoms with van der Waals surface area (Å²) in [6, 6.07) is 19.0. The second-order valence-electron chi connectivity index (χ2n) is 11.0. The number of amides is 2. The SMILES string of the molecule is CNC(=O)O[C@H]1CC[C@H](CC(=O)Nc2cc(-c3ccccc3)c(-c3ccc(C4(N)CC(F)(F)C4)cc3)cn2)CC1. The number of anilines is 1. The molecule has 7 nitrogen and oxygen atoms in total. The number of pyridine rings is 1. The number of halogens is 2. The Bertz CT molecular complexity index is 1350. The van der Waals surface area contributed by atoms with Gasteiger partial charge in [-0.15, -0.1) is 0 Å². The molecule has 2 saturated carbocycles. The van der Waals surface area contributed by atoms with Crippen LogP contribution in [0.1, 0.15) is 50.5 Å². The number of carbonyl (C=O) groups is 2. The van der Waals surface area contributed by atoms with Gasteiger partial charge < -0.3 is 21.1 Å². The van der Waals surface area contributed by atoms with Crippen molar-refractivity contribution >= 4 is 17.8 Å². The van der Waals surface area contributed by atoms with Crippen molar-refractivity contribution < 1.29 is 23.1 Å². The van der Waals surface area contributed by atoms with Crippen molar-refractivity contribution in [2.24, 2.45) is 11.7 Å². The van der Waals surface area contributed by atoms with Crippen LogP contribution in [0.2, 0.25) is 0 Å². The summed E-state index contributed by atoms with van der Waals surface area (Å²) in [5.41, 5.74) is 9.48. The fraction of sp³-hybridized carbons (Fsp3) is 0.387. The average molecular weight is 549 g/mol. The molecule has 0 radical (unpaired) electrons. The Balaban J connectivity index is 1.29. The lowest BCUT2D eigenvalue weighted by molar-refractivity contribution is -0.125. The third-order valence-electron chi connectivity index (χ3n) is 7.92. The topological polar surface area (TPSA) is 106 Å². The summed E-state index contributed by atoms with van der Waals surface area (Å²) in [5.74, 6) is -2.14. The number of nitrogens with two attached hydrogens (primary N) is 1. The number of benzene rings is 2. The first-order chi connectivity index (χ1) is 19.1. The lowest BCUT2D eigenvalue weighted by Gasteiger charge is -2.44. The summed E-state index contributed by atoms with van der Waals surface area (Å²) in [5, 5.41) is 5.42. The zero-order chi connectivity index (χ0) is 28.3. The number of hydrogen-bond donors (Lipinski definition) is 3. The van der Waals surface area contributed by atoms with Crippen molar-refractivity contribution in [2.45, 2.75) is 62.5 Å². The molecule has 1 heterocycles. The van der Waals surface area contributed by atoms with Crippen LogP contribution in [-0.2, 0) is 15.1 Å². The van der Waals surface area contributed by atoms with Gasteiger partial charge in [0.2, 0.25) is 5.91 Å². The summed E-state index contributed by atoms with van der Waals surface area (Å²) in [7, 11) is 1.54. The highest BCUT2D eigenvalue weighted by atomic mass is 19.3. The molecule has 40 heavy (non-hydrogen) atoms. The van der Waals surface area contributed by atoms with Gasteiger partial charge in [0.25, 0.3) is 5.92 Å². The van der Waals surface area contributed by atoms with Crippen molar-refractivity contribution in [2.75, 3.05) is 12.4 Å². The number of nitrogens with zero attached hydrogens (tertiary/aromatic N) is 1. The minimum absolute atomic E-state index is 0.107. The number of nitrogens with one attached hydrogen (secondary N) is 2. The molecule has 0 bridgehead atoms. The van der Waals surface area contributed by atoms with Gasteiger partial charge in [-0.25, -0.2) is 18.6 Å². The van der Waals surface area contributed by atoms with Gasteiger partial charge in [-0.1, -0.05) is 54.6 Å². The van der Waals surface area contributed by atoms with E-state index in [1.165, 1.54) is 7.05 Å². The lowest BCUT2D eigenvalue weighted by atomic mass is 9.69. The molecule has 9 heteroatoms. The van der Waals surface area contributed by atoms with E-state index in [9.17, 15) is 18.4 Å². The predicted molar refractivity (Wildman–Crippen MR) is 150 cm³/mol. The van der Waals surface area contributed by atoms with Gasteiger partial charge in [0, 0.05) is 38.1 Å². The normalized spacial score (nSPS) is 21.1. The minimum atomic E-state index is -2.71. The van der Waals surface area contributed by atoms with Crippen LogP contribution >= 0.6 is 0 Å². The number of carbonyl (C=O) groups excluding carboxylic acids is 2. The molecule has 0 saturated heterocycles. The molecule has 0 unspecified atom stereocenters. The second-order valence-corrected chi connectivity index (χ2v) is 11.0. The number of ether oxygens (including phenoxy) is 1.